The van der Waals surface area contributed by atoms with Gasteiger partial charge in [0, 0.05) is 35.3 Å². The summed E-state index contributed by atoms with van der Waals surface area (Å²) in [7, 11) is -0.739. The third-order valence-corrected chi connectivity index (χ3v) is 6.11. The summed E-state index contributed by atoms with van der Waals surface area (Å²) in [5.74, 6) is 0. The van der Waals surface area contributed by atoms with Gasteiger partial charge in [-0.1, -0.05) is 19.3 Å². The molecule has 0 amide bonds. The van der Waals surface area contributed by atoms with Gasteiger partial charge < -0.3 is 10.5 Å². The first-order chi connectivity index (χ1) is 7.79. The lowest BCUT2D eigenvalue weighted by atomic mass is 10.1. The molecule has 0 spiro atoms. The first-order valence-corrected chi connectivity index (χ1v) is 7.79. The maximum absolute atomic E-state index is 12.5. The molecule has 2 N–H and O–H groups in total. The molecule has 16 heavy (non-hydrogen) atoms. The highest BCUT2D eigenvalue weighted by Gasteiger charge is 2.31. The lowest BCUT2D eigenvalue weighted by Crippen LogP contribution is -2.41. The quantitative estimate of drug-likeness (QED) is 0.751. The lowest BCUT2D eigenvalue weighted by Gasteiger charge is -2.28. The van der Waals surface area contributed by atoms with Crippen molar-refractivity contribution in [2.24, 2.45) is 5.73 Å². The molecule has 4 heteroatoms. The van der Waals surface area contributed by atoms with Crippen LogP contribution in [0.1, 0.15) is 44.9 Å². The number of ether oxygens (including phenoxy) is 1. The monoisotopic (exact) mass is 245 g/mol. The number of nitrogens with two attached hydrogens (primary N) is 1. The van der Waals surface area contributed by atoms with Gasteiger partial charge >= 0.3 is 0 Å². The summed E-state index contributed by atoms with van der Waals surface area (Å²) in [5.41, 5.74) is 6.16. The van der Waals surface area contributed by atoms with Crippen LogP contribution in [0.3, 0.4) is 0 Å². The molecule has 2 fully saturated rings. The van der Waals surface area contributed by atoms with Crippen molar-refractivity contribution >= 4 is 10.8 Å². The minimum atomic E-state index is -0.739. The second-order valence-corrected chi connectivity index (χ2v) is 6.91. The molecule has 1 saturated heterocycles. The topological polar surface area (TPSA) is 52.3 Å². The van der Waals surface area contributed by atoms with E-state index in [-0.39, 0.29) is 11.3 Å². The Morgan fingerprint density at radius 3 is 2.44 bits per heavy atom. The van der Waals surface area contributed by atoms with Crippen LogP contribution >= 0.6 is 0 Å². The molecule has 94 valence electrons. The van der Waals surface area contributed by atoms with E-state index in [9.17, 15) is 4.21 Å². The van der Waals surface area contributed by atoms with E-state index in [1.165, 1.54) is 19.3 Å². The molecule has 0 aromatic carbocycles. The van der Waals surface area contributed by atoms with Gasteiger partial charge in [0.05, 0.1) is 5.25 Å². The molecule has 2 rings (SSSR count). The van der Waals surface area contributed by atoms with Crippen molar-refractivity contribution in [1.29, 1.82) is 0 Å². The molecular formula is C12H23NO2S. The van der Waals surface area contributed by atoms with Gasteiger partial charge in [0.1, 0.15) is 0 Å². The van der Waals surface area contributed by atoms with E-state index in [0.717, 1.165) is 38.9 Å². The maximum Gasteiger partial charge on any atom is 0.0501 e. The van der Waals surface area contributed by atoms with Crippen molar-refractivity contribution in [3.8, 4) is 0 Å². The highest BCUT2D eigenvalue weighted by molar-refractivity contribution is 7.86. The Morgan fingerprint density at radius 1 is 1.00 bits per heavy atom. The van der Waals surface area contributed by atoms with Crippen LogP contribution in [0.2, 0.25) is 0 Å². The van der Waals surface area contributed by atoms with Crippen molar-refractivity contribution in [3.05, 3.63) is 0 Å². The van der Waals surface area contributed by atoms with Crippen molar-refractivity contribution in [2.45, 2.75) is 61.5 Å². The van der Waals surface area contributed by atoms with Crippen molar-refractivity contribution in [2.75, 3.05) is 13.2 Å². The van der Waals surface area contributed by atoms with Gasteiger partial charge in [0.2, 0.25) is 0 Å². The standard InChI is InChI=1S/C12H23NO2S/c13-11-4-2-1-3-5-12(11)16(14)10-6-8-15-9-7-10/h10-12H,1-9,13H2. The fourth-order valence-corrected chi connectivity index (χ4v) is 4.78. The van der Waals surface area contributed by atoms with E-state index in [1.54, 1.807) is 0 Å². The Balaban J connectivity index is 1.95. The van der Waals surface area contributed by atoms with Gasteiger partial charge in [-0.25, -0.2) is 0 Å². The summed E-state index contributed by atoms with van der Waals surface area (Å²) >= 11 is 0. The van der Waals surface area contributed by atoms with Crippen LogP contribution in [0.25, 0.3) is 0 Å². The predicted molar refractivity (Wildman–Crippen MR) is 66.8 cm³/mol. The van der Waals surface area contributed by atoms with E-state index in [0.29, 0.717) is 5.25 Å². The van der Waals surface area contributed by atoms with E-state index >= 15 is 0 Å². The molecule has 1 heterocycles. The summed E-state index contributed by atoms with van der Waals surface area (Å²) in [6, 6.07) is 0.158. The zero-order valence-corrected chi connectivity index (χ0v) is 10.7. The van der Waals surface area contributed by atoms with Crippen LogP contribution in [0.4, 0.5) is 0 Å². The molecule has 1 saturated carbocycles. The van der Waals surface area contributed by atoms with E-state index in [2.05, 4.69) is 0 Å². The molecule has 0 aromatic heterocycles. The lowest BCUT2D eigenvalue weighted by molar-refractivity contribution is 0.0990. The van der Waals surface area contributed by atoms with E-state index in [1.807, 2.05) is 0 Å². The van der Waals surface area contributed by atoms with Gasteiger partial charge in [-0.05, 0) is 25.7 Å². The normalized spacial score (nSPS) is 35.6. The SMILES string of the molecule is NC1CCCCCC1S(=O)C1CCOCC1. The van der Waals surface area contributed by atoms with Crippen LogP contribution in [-0.4, -0.2) is 34.0 Å². The maximum atomic E-state index is 12.5. The minimum absolute atomic E-state index is 0.158. The molecule has 2 aliphatic rings. The average molecular weight is 245 g/mol. The molecule has 0 aromatic rings. The Kier molecular flexibility index (Phi) is 4.79. The van der Waals surface area contributed by atoms with Crippen LogP contribution in [0, 0.1) is 0 Å². The highest BCUT2D eigenvalue weighted by atomic mass is 32.2. The summed E-state index contributed by atoms with van der Waals surface area (Å²) in [6.45, 7) is 1.55. The number of rotatable bonds is 2. The van der Waals surface area contributed by atoms with Crippen molar-refractivity contribution < 1.29 is 8.95 Å². The Morgan fingerprint density at radius 2 is 1.69 bits per heavy atom. The zero-order valence-electron chi connectivity index (χ0n) is 9.90. The van der Waals surface area contributed by atoms with Gasteiger partial charge in [0.15, 0.2) is 0 Å². The van der Waals surface area contributed by atoms with Gasteiger partial charge in [-0.15, -0.1) is 0 Å². The van der Waals surface area contributed by atoms with Crippen LogP contribution < -0.4 is 5.73 Å². The van der Waals surface area contributed by atoms with Crippen LogP contribution in [0.15, 0.2) is 0 Å². The first kappa shape index (κ1) is 12.5. The van der Waals surface area contributed by atoms with E-state index < -0.39 is 10.8 Å². The third kappa shape index (κ3) is 3.05. The second-order valence-electron chi connectivity index (χ2n) is 4.98. The summed E-state index contributed by atoms with van der Waals surface area (Å²) < 4.78 is 17.8. The summed E-state index contributed by atoms with van der Waals surface area (Å²) in [6.07, 6.45) is 7.70. The van der Waals surface area contributed by atoms with Gasteiger partial charge in [-0.3, -0.25) is 4.21 Å². The van der Waals surface area contributed by atoms with Crippen molar-refractivity contribution in [3.63, 3.8) is 0 Å². The zero-order chi connectivity index (χ0) is 11.4. The third-order valence-electron chi connectivity index (χ3n) is 3.80. The fourth-order valence-electron chi connectivity index (χ4n) is 2.75. The molecular weight excluding hydrogens is 222 g/mol. The molecule has 0 bridgehead atoms. The van der Waals surface area contributed by atoms with E-state index in [4.69, 9.17) is 10.5 Å². The molecule has 3 unspecified atom stereocenters. The highest BCUT2D eigenvalue weighted by Crippen LogP contribution is 2.25. The average Bonchev–Trinajstić information content (AvgIpc) is 2.54. The minimum Gasteiger partial charge on any atom is -0.381 e. The predicted octanol–water partition coefficient (Wildman–Crippen LogP) is 1.57. The fraction of sp³-hybridized carbons (Fsp3) is 1.00. The van der Waals surface area contributed by atoms with Crippen LogP contribution in [0.5, 0.6) is 0 Å². The Labute approximate surface area is 101 Å². The molecule has 3 nitrogen and oxygen atoms in total. The molecule has 1 aliphatic carbocycles. The number of hydrogen-bond acceptors (Lipinski definition) is 3. The second kappa shape index (κ2) is 6.12. The van der Waals surface area contributed by atoms with Crippen molar-refractivity contribution in [1.82, 2.24) is 0 Å². The largest absolute Gasteiger partial charge is 0.381 e. The Hall–Kier alpha value is 0.0700. The van der Waals surface area contributed by atoms with Crippen LogP contribution in [-0.2, 0) is 15.5 Å². The Bertz CT molecular complexity index is 241. The molecule has 3 atom stereocenters. The molecule has 0 radical (unpaired) electrons. The summed E-state index contributed by atoms with van der Waals surface area (Å²) in [4.78, 5) is 0. The smallest absolute Gasteiger partial charge is 0.0501 e. The first-order valence-electron chi connectivity index (χ1n) is 6.52. The summed E-state index contributed by atoms with van der Waals surface area (Å²) in [5, 5.41) is 0.577. The van der Waals surface area contributed by atoms with Gasteiger partial charge in [0.25, 0.3) is 0 Å². The molecule has 1 aliphatic heterocycles. The number of hydrogen-bond donors (Lipinski definition) is 1. The van der Waals surface area contributed by atoms with Gasteiger partial charge in [-0.2, -0.15) is 0 Å².